The van der Waals surface area contributed by atoms with Gasteiger partial charge in [-0.3, -0.25) is 0 Å². The Hall–Kier alpha value is -3.89. The summed E-state index contributed by atoms with van der Waals surface area (Å²) in [5.41, 5.74) is 5.89. The van der Waals surface area contributed by atoms with Gasteiger partial charge in [0.25, 0.3) is 0 Å². The molecule has 3 nitrogen and oxygen atoms in total. The Kier molecular flexibility index (Phi) is 4.29. The molecule has 0 amide bonds. The summed E-state index contributed by atoms with van der Waals surface area (Å²) in [7, 11) is 0. The molecule has 0 fully saturated rings. The van der Waals surface area contributed by atoms with Crippen molar-refractivity contribution in [2.24, 2.45) is 0 Å². The number of hydrogen-bond acceptors (Lipinski definition) is 4. The predicted molar refractivity (Wildman–Crippen MR) is 129 cm³/mol. The van der Waals surface area contributed by atoms with Gasteiger partial charge in [-0.25, -0.2) is 0 Å². The Morgan fingerprint density at radius 2 is 1.16 bits per heavy atom. The van der Waals surface area contributed by atoms with Gasteiger partial charge in [-0.2, -0.15) is 0 Å². The van der Waals surface area contributed by atoms with Crippen LogP contribution in [0.15, 0.2) is 103 Å². The van der Waals surface area contributed by atoms with Crippen LogP contribution in [0.2, 0.25) is 0 Å². The molecule has 6 rings (SSSR count). The van der Waals surface area contributed by atoms with Crippen LogP contribution < -0.4 is 0 Å². The largest absolute Gasteiger partial charge is 0.135 e. The maximum Gasteiger partial charge on any atom is 0.105 e. The van der Waals surface area contributed by atoms with Gasteiger partial charge in [0.05, 0.1) is 0 Å². The van der Waals surface area contributed by atoms with Crippen LogP contribution in [0.1, 0.15) is 0 Å². The fourth-order valence-corrected chi connectivity index (χ4v) is 5.29. The van der Waals surface area contributed by atoms with Crippen LogP contribution in [0.4, 0.5) is 0 Å². The van der Waals surface area contributed by atoms with Gasteiger partial charge in [0.15, 0.2) is 0 Å². The molecule has 4 heteroatoms. The summed E-state index contributed by atoms with van der Waals surface area (Å²) < 4.78 is 2.52. The highest BCUT2D eigenvalue weighted by Gasteiger charge is 2.20. The molecule has 0 N–H and O–H groups in total. The molecule has 6 aromatic rings. The molecule has 0 spiro atoms. The first kappa shape index (κ1) is 17.9. The van der Waals surface area contributed by atoms with E-state index >= 15 is 0 Å². The standard InChI is InChI=1S/C27H17N3S/c1-3-10-18(11-4-1)24-26(19-12-5-2-6-13-19)28-30-29-27(24)21-15-9-17-23-25(21)20-14-7-8-16-22(20)31-23/h1-17H. The number of thiophene rings is 1. The maximum atomic E-state index is 4.59. The van der Waals surface area contributed by atoms with Gasteiger partial charge in [-0.05, 0) is 22.9 Å². The van der Waals surface area contributed by atoms with Gasteiger partial charge < -0.3 is 0 Å². The second-order valence-electron chi connectivity index (χ2n) is 7.37. The zero-order valence-electron chi connectivity index (χ0n) is 16.6. The van der Waals surface area contributed by atoms with Crippen molar-refractivity contribution in [2.75, 3.05) is 0 Å². The quantitative estimate of drug-likeness (QED) is 0.306. The second-order valence-corrected chi connectivity index (χ2v) is 8.45. The average molecular weight is 416 g/mol. The molecular formula is C27H17N3S. The summed E-state index contributed by atoms with van der Waals surface area (Å²) in [4.78, 5) is 0. The lowest BCUT2D eigenvalue weighted by Gasteiger charge is -2.14. The zero-order valence-corrected chi connectivity index (χ0v) is 17.4. The molecule has 31 heavy (non-hydrogen) atoms. The fraction of sp³-hybridized carbons (Fsp3) is 0. The monoisotopic (exact) mass is 415 g/mol. The third kappa shape index (κ3) is 3.00. The molecule has 0 saturated carbocycles. The average Bonchev–Trinajstić information content (AvgIpc) is 3.23. The molecule has 0 aliphatic heterocycles. The minimum absolute atomic E-state index is 0.841. The molecule has 146 valence electrons. The molecule has 0 bridgehead atoms. The molecule has 0 saturated heterocycles. The number of nitrogens with zero attached hydrogens (tertiary/aromatic N) is 3. The number of rotatable bonds is 3. The summed E-state index contributed by atoms with van der Waals surface area (Å²) >= 11 is 1.81. The van der Waals surface area contributed by atoms with E-state index < -0.39 is 0 Å². The smallest absolute Gasteiger partial charge is 0.105 e. The highest BCUT2D eigenvalue weighted by atomic mass is 32.1. The molecule has 0 atom stereocenters. The Morgan fingerprint density at radius 1 is 0.516 bits per heavy atom. The van der Waals surface area contributed by atoms with Gasteiger partial charge in [0.1, 0.15) is 11.4 Å². The van der Waals surface area contributed by atoms with E-state index in [4.69, 9.17) is 0 Å². The van der Waals surface area contributed by atoms with Crippen LogP contribution in [0, 0.1) is 0 Å². The van der Waals surface area contributed by atoms with Crippen LogP contribution in [0.5, 0.6) is 0 Å². The van der Waals surface area contributed by atoms with Crippen LogP contribution in [-0.2, 0) is 0 Å². The van der Waals surface area contributed by atoms with Gasteiger partial charge >= 0.3 is 0 Å². The Bertz CT molecular complexity index is 1520. The molecule has 2 aromatic heterocycles. The minimum Gasteiger partial charge on any atom is -0.135 e. The SMILES string of the molecule is c1ccc(-c2nnnc(-c3cccc4sc5ccccc5c34)c2-c2ccccc2)cc1. The third-order valence-electron chi connectivity index (χ3n) is 5.53. The van der Waals surface area contributed by atoms with E-state index in [1.165, 1.54) is 20.2 Å². The molecule has 0 aliphatic carbocycles. The van der Waals surface area contributed by atoms with Gasteiger partial charge in [-0.1, -0.05) is 91.0 Å². The van der Waals surface area contributed by atoms with Crippen molar-refractivity contribution in [1.82, 2.24) is 15.4 Å². The van der Waals surface area contributed by atoms with Gasteiger partial charge in [-0.15, -0.1) is 21.5 Å². The first-order valence-corrected chi connectivity index (χ1v) is 11.0. The number of fused-ring (bicyclic) bond motifs is 3. The van der Waals surface area contributed by atoms with Crippen LogP contribution in [0.3, 0.4) is 0 Å². The van der Waals surface area contributed by atoms with Gasteiger partial charge in [0.2, 0.25) is 0 Å². The molecule has 2 heterocycles. The Morgan fingerprint density at radius 3 is 1.97 bits per heavy atom. The lowest BCUT2D eigenvalue weighted by Crippen LogP contribution is -2.00. The van der Waals surface area contributed by atoms with Gasteiger partial charge in [0, 0.05) is 36.9 Å². The summed E-state index contributed by atoms with van der Waals surface area (Å²) in [5, 5.41) is 15.7. The second kappa shape index (κ2) is 7.42. The highest BCUT2D eigenvalue weighted by Crippen LogP contribution is 2.43. The van der Waals surface area contributed by atoms with Crippen molar-refractivity contribution < 1.29 is 0 Å². The van der Waals surface area contributed by atoms with E-state index in [1.54, 1.807) is 0 Å². The van der Waals surface area contributed by atoms with E-state index in [0.29, 0.717) is 0 Å². The number of hydrogen-bond donors (Lipinski definition) is 0. The van der Waals surface area contributed by atoms with E-state index in [2.05, 4.69) is 94.3 Å². The minimum atomic E-state index is 0.841. The first-order chi connectivity index (χ1) is 15.4. The Labute approximate surface area is 183 Å². The van der Waals surface area contributed by atoms with Crippen molar-refractivity contribution in [1.29, 1.82) is 0 Å². The van der Waals surface area contributed by atoms with Crippen LogP contribution in [-0.4, -0.2) is 15.4 Å². The summed E-state index contributed by atoms with van der Waals surface area (Å²) in [6.45, 7) is 0. The molecule has 0 aliphatic rings. The summed E-state index contributed by atoms with van der Waals surface area (Å²) in [6, 6.07) is 35.5. The molecule has 0 radical (unpaired) electrons. The topological polar surface area (TPSA) is 38.7 Å². The number of aromatic nitrogens is 3. The lowest BCUT2D eigenvalue weighted by atomic mass is 9.93. The maximum absolute atomic E-state index is 4.59. The zero-order chi connectivity index (χ0) is 20.6. The molecule has 0 unspecified atom stereocenters. The van der Waals surface area contributed by atoms with E-state index in [0.717, 1.165) is 33.6 Å². The van der Waals surface area contributed by atoms with E-state index in [9.17, 15) is 0 Å². The van der Waals surface area contributed by atoms with Crippen molar-refractivity contribution in [2.45, 2.75) is 0 Å². The van der Waals surface area contributed by atoms with Crippen molar-refractivity contribution in [3.05, 3.63) is 103 Å². The normalized spacial score (nSPS) is 11.2. The van der Waals surface area contributed by atoms with Crippen molar-refractivity contribution >= 4 is 31.5 Å². The molecule has 4 aromatic carbocycles. The van der Waals surface area contributed by atoms with Crippen molar-refractivity contribution in [3.63, 3.8) is 0 Å². The first-order valence-electron chi connectivity index (χ1n) is 10.1. The predicted octanol–water partition coefficient (Wildman–Crippen LogP) is 7.24. The summed E-state index contributed by atoms with van der Waals surface area (Å²) in [5.74, 6) is 0. The van der Waals surface area contributed by atoms with Crippen molar-refractivity contribution in [3.8, 4) is 33.6 Å². The number of benzene rings is 4. The highest BCUT2D eigenvalue weighted by molar-refractivity contribution is 7.25. The fourth-order valence-electron chi connectivity index (χ4n) is 4.16. The lowest BCUT2D eigenvalue weighted by molar-refractivity contribution is 0.879. The van der Waals surface area contributed by atoms with Crippen LogP contribution >= 0.6 is 11.3 Å². The Balaban J connectivity index is 1.73. The molecular weight excluding hydrogens is 398 g/mol. The van der Waals surface area contributed by atoms with E-state index in [1.807, 2.05) is 35.6 Å². The third-order valence-corrected chi connectivity index (χ3v) is 6.67. The van der Waals surface area contributed by atoms with E-state index in [-0.39, 0.29) is 0 Å². The van der Waals surface area contributed by atoms with Crippen LogP contribution in [0.25, 0.3) is 53.8 Å². The summed E-state index contributed by atoms with van der Waals surface area (Å²) in [6.07, 6.45) is 0.